The van der Waals surface area contributed by atoms with E-state index in [2.05, 4.69) is 124 Å². The molecule has 7 rings (SSSR count). The number of aryl methyl sites for hydroxylation is 1. The zero-order valence-electron chi connectivity index (χ0n) is 25.7. The molecule has 0 aliphatic heterocycles. The molecule has 1 aliphatic rings. The number of rotatable bonds is 9. The molecule has 0 saturated carbocycles. The Morgan fingerprint density at radius 3 is 2.19 bits per heavy atom. The first kappa shape index (κ1) is 27.5. The molecule has 0 N–H and O–H groups in total. The minimum Gasteiger partial charge on any atom is -0.253 e. The largest absolute Gasteiger partial charge is 0.253 e. The van der Waals surface area contributed by atoms with Crippen LogP contribution in [-0.2, 0) is 17.3 Å². The van der Waals surface area contributed by atoms with Crippen molar-refractivity contribution >= 4 is 32.6 Å². The van der Waals surface area contributed by atoms with Gasteiger partial charge in [-0.2, -0.15) is 0 Å². The Balaban J connectivity index is 1.43. The van der Waals surface area contributed by atoms with E-state index in [-0.39, 0.29) is 10.8 Å². The predicted octanol–water partition coefficient (Wildman–Crippen LogP) is 10.9. The molecular formula is C41H40N2. The van der Waals surface area contributed by atoms with Gasteiger partial charge in [0.15, 0.2) is 0 Å². The van der Waals surface area contributed by atoms with E-state index in [0.29, 0.717) is 0 Å². The molecule has 2 nitrogen and oxygen atoms in total. The van der Waals surface area contributed by atoms with Crippen LogP contribution in [0.25, 0.3) is 43.8 Å². The Labute approximate surface area is 255 Å². The van der Waals surface area contributed by atoms with Crippen LogP contribution in [0, 0.1) is 0 Å². The number of hydrogen-bond acceptors (Lipinski definition) is 2. The maximum Gasteiger partial charge on any atom is 0.0760 e. The molecule has 6 aromatic rings. The van der Waals surface area contributed by atoms with E-state index in [1.54, 1.807) is 0 Å². The summed E-state index contributed by atoms with van der Waals surface area (Å²) in [6.07, 6.45) is 8.34. The van der Waals surface area contributed by atoms with E-state index in [0.717, 1.165) is 55.3 Å². The van der Waals surface area contributed by atoms with E-state index < -0.39 is 0 Å². The van der Waals surface area contributed by atoms with E-state index in [4.69, 9.17) is 9.97 Å². The second kappa shape index (κ2) is 10.8. The lowest BCUT2D eigenvalue weighted by Crippen LogP contribution is -2.34. The molecule has 0 spiro atoms. The van der Waals surface area contributed by atoms with Gasteiger partial charge < -0.3 is 0 Å². The highest BCUT2D eigenvalue weighted by Crippen LogP contribution is 2.56. The highest BCUT2D eigenvalue weighted by atomic mass is 14.7. The Bertz CT molecular complexity index is 2000. The van der Waals surface area contributed by atoms with Crippen molar-refractivity contribution in [3.05, 3.63) is 132 Å². The number of benzene rings is 4. The number of nitrogens with zero attached hydrogens (tertiary/aromatic N) is 2. The molecule has 2 unspecified atom stereocenters. The number of para-hydroxylation sites is 2. The fourth-order valence-corrected chi connectivity index (χ4v) is 7.69. The minimum absolute atomic E-state index is 0.0876. The summed E-state index contributed by atoms with van der Waals surface area (Å²) in [5.41, 5.74) is 9.70. The average Bonchev–Trinajstić information content (AvgIpc) is 3.28. The number of allylic oxidation sites excluding steroid dienone is 1. The third kappa shape index (κ3) is 4.56. The molecule has 2 heteroatoms. The van der Waals surface area contributed by atoms with Crippen molar-refractivity contribution < 1.29 is 0 Å². The van der Waals surface area contributed by atoms with Crippen molar-refractivity contribution in [2.75, 3.05) is 0 Å². The fraction of sp³-hybridized carbons (Fsp3) is 0.268. The third-order valence-electron chi connectivity index (χ3n) is 10.1. The van der Waals surface area contributed by atoms with Crippen LogP contribution in [0.3, 0.4) is 0 Å². The lowest BCUT2D eigenvalue weighted by Gasteiger charge is -2.40. The summed E-state index contributed by atoms with van der Waals surface area (Å²) in [4.78, 5) is 10.7. The topological polar surface area (TPSA) is 25.8 Å². The van der Waals surface area contributed by atoms with Gasteiger partial charge in [-0.05, 0) is 95.7 Å². The zero-order valence-corrected chi connectivity index (χ0v) is 25.7. The molecule has 43 heavy (non-hydrogen) atoms. The van der Waals surface area contributed by atoms with Crippen LogP contribution in [0.5, 0.6) is 0 Å². The van der Waals surface area contributed by atoms with Crippen LogP contribution >= 0.6 is 0 Å². The summed E-state index contributed by atoms with van der Waals surface area (Å²) < 4.78 is 0. The van der Waals surface area contributed by atoms with E-state index in [1.165, 1.54) is 49.5 Å². The molecule has 0 radical (unpaired) electrons. The molecule has 0 fully saturated rings. The van der Waals surface area contributed by atoms with E-state index in [1.807, 2.05) is 6.08 Å². The van der Waals surface area contributed by atoms with Crippen molar-refractivity contribution in [3.8, 4) is 11.3 Å². The number of pyridine rings is 2. The molecule has 2 aromatic heterocycles. The first-order valence-electron chi connectivity index (χ1n) is 15.9. The van der Waals surface area contributed by atoms with Gasteiger partial charge >= 0.3 is 0 Å². The second-order valence-corrected chi connectivity index (χ2v) is 12.9. The van der Waals surface area contributed by atoms with Gasteiger partial charge in [0, 0.05) is 27.4 Å². The molecule has 0 saturated heterocycles. The Morgan fingerprint density at radius 2 is 1.44 bits per heavy atom. The maximum atomic E-state index is 5.37. The zero-order chi connectivity index (χ0) is 29.6. The standard InChI is InChI=1S/C41H40N2/c1-5-7-8-9-22-37-33(25-29-17-11-14-20-35(29)42-37)40(3,6-2)27-41(4)32-24-23-28-16-10-13-19-31(28)38(32)39-34(41)26-30-18-12-15-21-36(30)43-39/h5,10-21,23-26H,1,6-9,22,27H2,2-4H3. The molecule has 0 amide bonds. The summed E-state index contributed by atoms with van der Waals surface area (Å²) in [6, 6.07) is 35.5. The fourth-order valence-electron chi connectivity index (χ4n) is 7.69. The van der Waals surface area contributed by atoms with E-state index >= 15 is 0 Å². The van der Waals surface area contributed by atoms with Crippen molar-refractivity contribution in [2.24, 2.45) is 0 Å². The normalized spacial score (nSPS) is 17.2. The number of unbranched alkanes of at least 4 members (excludes halogenated alkanes) is 2. The predicted molar refractivity (Wildman–Crippen MR) is 183 cm³/mol. The number of aromatic nitrogens is 2. The summed E-state index contributed by atoms with van der Waals surface area (Å²) in [5, 5.41) is 4.99. The van der Waals surface area contributed by atoms with Crippen molar-refractivity contribution in [1.29, 1.82) is 0 Å². The Kier molecular flexibility index (Phi) is 6.89. The van der Waals surface area contributed by atoms with E-state index in [9.17, 15) is 0 Å². The molecule has 214 valence electrons. The SMILES string of the molecule is C=CCCCCc1nc2ccccc2cc1C(C)(CC)CC1(C)c2cc3ccccc3nc2-c2c1ccc1ccccc21. The minimum atomic E-state index is -0.206. The molecule has 4 aromatic carbocycles. The lowest BCUT2D eigenvalue weighted by molar-refractivity contribution is 0.335. The van der Waals surface area contributed by atoms with Crippen molar-refractivity contribution in [3.63, 3.8) is 0 Å². The third-order valence-corrected chi connectivity index (χ3v) is 10.1. The number of hydrogen-bond donors (Lipinski definition) is 0. The lowest BCUT2D eigenvalue weighted by atomic mass is 9.64. The molecule has 0 bridgehead atoms. The van der Waals surface area contributed by atoms with Gasteiger partial charge in [-0.25, -0.2) is 4.98 Å². The quantitative estimate of drug-likeness (QED) is 0.130. The molecule has 2 heterocycles. The van der Waals surface area contributed by atoms with Crippen LogP contribution < -0.4 is 0 Å². The summed E-state index contributed by atoms with van der Waals surface area (Å²) in [7, 11) is 0. The first-order valence-corrected chi connectivity index (χ1v) is 15.9. The van der Waals surface area contributed by atoms with Gasteiger partial charge in [-0.3, -0.25) is 4.98 Å². The summed E-state index contributed by atoms with van der Waals surface area (Å²) in [6.45, 7) is 11.2. The monoisotopic (exact) mass is 560 g/mol. The van der Waals surface area contributed by atoms with Gasteiger partial charge in [-0.1, -0.05) is 99.6 Å². The van der Waals surface area contributed by atoms with Gasteiger partial charge in [-0.15, -0.1) is 6.58 Å². The second-order valence-electron chi connectivity index (χ2n) is 12.9. The highest BCUT2D eigenvalue weighted by molar-refractivity contribution is 6.03. The average molecular weight is 561 g/mol. The first-order chi connectivity index (χ1) is 20.9. The van der Waals surface area contributed by atoms with Crippen LogP contribution in [0.4, 0.5) is 0 Å². The summed E-state index contributed by atoms with van der Waals surface area (Å²) >= 11 is 0. The number of fused-ring (bicyclic) bond motifs is 7. The Morgan fingerprint density at radius 1 is 0.767 bits per heavy atom. The highest BCUT2D eigenvalue weighted by Gasteiger charge is 2.46. The maximum absolute atomic E-state index is 5.37. The van der Waals surface area contributed by atoms with Gasteiger partial charge in [0.1, 0.15) is 0 Å². The molecule has 2 atom stereocenters. The molecule has 1 aliphatic carbocycles. The Hall–Kier alpha value is -4.30. The van der Waals surface area contributed by atoms with Gasteiger partial charge in [0.05, 0.1) is 16.7 Å². The van der Waals surface area contributed by atoms with Crippen molar-refractivity contribution in [1.82, 2.24) is 9.97 Å². The van der Waals surface area contributed by atoms with Crippen LogP contribution in [0.15, 0.2) is 110 Å². The smallest absolute Gasteiger partial charge is 0.0760 e. The van der Waals surface area contributed by atoms with Crippen molar-refractivity contribution in [2.45, 2.75) is 70.1 Å². The van der Waals surface area contributed by atoms with Crippen LogP contribution in [-0.4, -0.2) is 9.97 Å². The van der Waals surface area contributed by atoms with Crippen LogP contribution in [0.2, 0.25) is 0 Å². The summed E-state index contributed by atoms with van der Waals surface area (Å²) in [5.74, 6) is 0. The molecular weight excluding hydrogens is 520 g/mol. The van der Waals surface area contributed by atoms with Gasteiger partial charge in [0.25, 0.3) is 0 Å². The van der Waals surface area contributed by atoms with Gasteiger partial charge in [0.2, 0.25) is 0 Å². The van der Waals surface area contributed by atoms with Crippen LogP contribution in [0.1, 0.15) is 75.3 Å².